The lowest BCUT2D eigenvalue weighted by Crippen LogP contribution is -2.14. The Morgan fingerprint density at radius 2 is 2.23 bits per heavy atom. The first-order valence-electron chi connectivity index (χ1n) is 4.81. The van der Waals surface area contributed by atoms with Gasteiger partial charge in [-0.05, 0) is 18.8 Å². The van der Waals surface area contributed by atoms with Gasteiger partial charge in [0.25, 0.3) is 0 Å². The van der Waals surface area contributed by atoms with E-state index in [2.05, 4.69) is 10.1 Å². The van der Waals surface area contributed by atoms with E-state index in [-0.39, 0.29) is 0 Å². The molecule has 1 aromatic rings. The number of nitrogens with zero attached hydrogens (tertiary/aromatic N) is 3. The molecule has 0 aromatic carbocycles. The molecular weight excluding hydrogens is 166 g/mol. The van der Waals surface area contributed by atoms with Gasteiger partial charge >= 0.3 is 0 Å². The van der Waals surface area contributed by atoms with Crippen molar-refractivity contribution in [1.29, 1.82) is 0 Å². The lowest BCUT2D eigenvalue weighted by Gasteiger charge is -2.15. The Labute approximate surface area is 77.6 Å². The molecule has 1 atom stereocenters. The van der Waals surface area contributed by atoms with Crippen molar-refractivity contribution in [3.8, 4) is 0 Å². The van der Waals surface area contributed by atoms with E-state index < -0.39 is 6.10 Å². The van der Waals surface area contributed by atoms with Crippen molar-refractivity contribution < 1.29 is 5.11 Å². The van der Waals surface area contributed by atoms with Gasteiger partial charge in [0.05, 0.1) is 0 Å². The van der Waals surface area contributed by atoms with E-state index >= 15 is 0 Å². The van der Waals surface area contributed by atoms with E-state index in [0.717, 1.165) is 12.8 Å². The van der Waals surface area contributed by atoms with Crippen LogP contribution < -0.4 is 0 Å². The molecule has 2 rings (SSSR count). The number of aryl methyl sites for hydroxylation is 1. The maximum Gasteiger partial charge on any atom is 0.155 e. The van der Waals surface area contributed by atoms with E-state index in [1.807, 2.05) is 7.05 Å². The van der Waals surface area contributed by atoms with Gasteiger partial charge in [-0.3, -0.25) is 4.68 Å². The normalized spacial score (nSPS) is 20.8. The first-order valence-corrected chi connectivity index (χ1v) is 4.81. The van der Waals surface area contributed by atoms with Crippen LogP contribution in [0.15, 0.2) is 6.33 Å². The summed E-state index contributed by atoms with van der Waals surface area (Å²) in [6.45, 7) is 0. The number of hydrogen-bond donors (Lipinski definition) is 1. The van der Waals surface area contributed by atoms with Gasteiger partial charge in [-0.1, -0.05) is 12.8 Å². The second kappa shape index (κ2) is 3.46. The topological polar surface area (TPSA) is 50.9 Å². The van der Waals surface area contributed by atoms with Crippen molar-refractivity contribution in [1.82, 2.24) is 14.8 Å². The predicted molar refractivity (Wildman–Crippen MR) is 47.9 cm³/mol. The van der Waals surface area contributed by atoms with Gasteiger partial charge in [-0.25, -0.2) is 4.98 Å². The Bertz CT molecular complexity index is 278. The smallest absolute Gasteiger partial charge is 0.155 e. The number of hydrogen-bond acceptors (Lipinski definition) is 3. The first-order chi connectivity index (χ1) is 6.29. The number of aliphatic hydroxyl groups is 1. The van der Waals surface area contributed by atoms with Crippen LogP contribution in [0.5, 0.6) is 0 Å². The average Bonchev–Trinajstić information content (AvgIpc) is 2.72. The molecule has 4 heteroatoms. The fourth-order valence-corrected chi connectivity index (χ4v) is 2.06. The number of rotatable bonds is 2. The van der Waals surface area contributed by atoms with Gasteiger partial charge in [-0.15, -0.1) is 0 Å². The third-order valence-electron chi connectivity index (χ3n) is 2.86. The van der Waals surface area contributed by atoms with Crippen LogP contribution in [-0.4, -0.2) is 19.9 Å². The van der Waals surface area contributed by atoms with Crippen LogP contribution in [0.3, 0.4) is 0 Å². The van der Waals surface area contributed by atoms with E-state index in [4.69, 9.17) is 0 Å². The Balaban J connectivity index is 2.12. The molecule has 1 aliphatic rings. The van der Waals surface area contributed by atoms with Crippen LogP contribution in [0, 0.1) is 5.92 Å². The maximum atomic E-state index is 9.97. The number of aliphatic hydroxyl groups excluding tert-OH is 1. The van der Waals surface area contributed by atoms with Crippen molar-refractivity contribution in [2.75, 3.05) is 0 Å². The largest absolute Gasteiger partial charge is 0.385 e. The fourth-order valence-electron chi connectivity index (χ4n) is 2.06. The van der Waals surface area contributed by atoms with Crippen LogP contribution >= 0.6 is 0 Å². The van der Waals surface area contributed by atoms with Gasteiger partial charge in [0.1, 0.15) is 12.4 Å². The summed E-state index contributed by atoms with van der Waals surface area (Å²) in [5, 5.41) is 13.9. The average molecular weight is 181 g/mol. The molecule has 1 N–H and O–H groups in total. The summed E-state index contributed by atoms with van der Waals surface area (Å²) in [7, 11) is 1.82. The third-order valence-corrected chi connectivity index (χ3v) is 2.86. The van der Waals surface area contributed by atoms with Crippen LogP contribution in [-0.2, 0) is 7.05 Å². The second-order valence-electron chi connectivity index (χ2n) is 3.73. The number of aromatic nitrogens is 3. The van der Waals surface area contributed by atoms with Crippen LogP contribution in [0.4, 0.5) is 0 Å². The Hall–Kier alpha value is -0.900. The quantitative estimate of drug-likeness (QED) is 0.741. The van der Waals surface area contributed by atoms with Gasteiger partial charge in [0.2, 0.25) is 0 Å². The monoisotopic (exact) mass is 181 g/mol. The molecule has 0 spiro atoms. The lowest BCUT2D eigenvalue weighted by molar-refractivity contribution is 0.0989. The van der Waals surface area contributed by atoms with Gasteiger partial charge in [0, 0.05) is 7.05 Å². The second-order valence-corrected chi connectivity index (χ2v) is 3.73. The standard InChI is InChI=1S/C9H15N3O/c1-12-9(10-6-11-12)8(13)7-4-2-3-5-7/h6-8,13H,2-5H2,1H3. The van der Waals surface area contributed by atoms with Crippen molar-refractivity contribution >= 4 is 0 Å². The molecule has 13 heavy (non-hydrogen) atoms. The molecule has 0 aliphatic heterocycles. The zero-order valence-electron chi connectivity index (χ0n) is 7.85. The summed E-state index contributed by atoms with van der Waals surface area (Å²) in [5.41, 5.74) is 0. The highest BCUT2D eigenvalue weighted by Crippen LogP contribution is 2.34. The lowest BCUT2D eigenvalue weighted by atomic mass is 10.0. The molecule has 0 bridgehead atoms. The summed E-state index contributed by atoms with van der Waals surface area (Å²) in [4.78, 5) is 4.06. The van der Waals surface area contributed by atoms with Crippen molar-refractivity contribution in [2.24, 2.45) is 13.0 Å². The summed E-state index contributed by atoms with van der Waals surface area (Å²) in [5.74, 6) is 1.09. The summed E-state index contributed by atoms with van der Waals surface area (Å²) >= 11 is 0. The molecule has 4 nitrogen and oxygen atoms in total. The molecule has 1 aromatic heterocycles. The van der Waals surface area contributed by atoms with E-state index in [0.29, 0.717) is 11.7 Å². The molecular formula is C9H15N3O. The minimum Gasteiger partial charge on any atom is -0.385 e. The molecule has 0 radical (unpaired) electrons. The molecule has 0 saturated heterocycles. The van der Waals surface area contributed by atoms with E-state index in [9.17, 15) is 5.11 Å². The summed E-state index contributed by atoms with van der Waals surface area (Å²) in [6.07, 6.45) is 5.78. The molecule has 1 aliphatic carbocycles. The summed E-state index contributed by atoms with van der Waals surface area (Å²) in [6, 6.07) is 0. The first kappa shape index (κ1) is 8.69. The molecule has 1 fully saturated rings. The minimum absolute atomic E-state index is 0.392. The fraction of sp³-hybridized carbons (Fsp3) is 0.778. The molecule has 72 valence electrons. The van der Waals surface area contributed by atoms with Crippen molar-refractivity contribution in [3.05, 3.63) is 12.2 Å². The minimum atomic E-state index is -0.421. The van der Waals surface area contributed by atoms with Crippen molar-refractivity contribution in [2.45, 2.75) is 31.8 Å². The zero-order valence-corrected chi connectivity index (χ0v) is 7.85. The highest BCUT2D eigenvalue weighted by Gasteiger charge is 2.27. The highest BCUT2D eigenvalue weighted by atomic mass is 16.3. The van der Waals surface area contributed by atoms with Gasteiger partial charge < -0.3 is 5.11 Å². The Kier molecular flexibility index (Phi) is 2.31. The van der Waals surface area contributed by atoms with E-state index in [1.54, 1.807) is 4.68 Å². The van der Waals surface area contributed by atoms with Gasteiger partial charge in [-0.2, -0.15) is 5.10 Å². The van der Waals surface area contributed by atoms with Crippen LogP contribution in [0.25, 0.3) is 0 Å². The van der Waals surface area contributed by atoms with Crippen LogP contribution in [0.2, 0.25) is 0 Å². The van der Waals surface area contributed by atoms with Crippen LogP contribution in [0.1, 0.15) is 37.6 Å². The maximum absolute atomic E-state index is 9.97. The zero-order chi connectivity index (χ0) is 9.26. The Morgan fingerprint density at radius 3 is 2.77 bits per heavy atom. The third kappa shape index (κ3) is 1.58. The SMILES string of the molecule is Cn1ncnc1C(O)C1CCCC1. The molecule has 1 heterocycles. The predicted octanol–water partition coefficient (Wildman–Crippen LogP) is 1.04. The molecule has 0 amide bonds. The molecule has 1 saturated carbocycles. The Morgan fingerprint density at radius 1 is 1.54 bits per heavy atom. The van der Waals surface area contributed by atoms with Crippen molar-refractivity contribution in [3.63, 3.8) is 0 Å². The molecule has 1 unspecified atom stereocenters. The highest BCUT2D eigenvalue weighted by molar-refractivity contribution is 4.93. The van der Waals surface area contributed by atoms with Gasteiger partial charge in [0.15, 0.2) is 5.82 Å². The van der Waals surface area contributed by atoms with E-state index in [1.165, 1.54) is 19.2 Å². The summed E-state index contributed by atoms with van der Waals surface area (Å²) < 4.78 is 1.66.